The summed E-state index contributed by atoms with van der Waals surface area (Å²) >= 11 is 0. The monoisotopic (exact) mass is 282 g/mol. The molecule has 1 saturated carbocycles. The Balaban J connectivity index is 1.75. The average molecular weight is 282 g/mol. The summed E-state index contributed by atoms with van der Waals surface area (Å²) in [5, 5.41) is 13.6. The molecule has 0 unspecified atom stereocenters. The van der Waals surface area contributed by atoms with Gasteiger partial charge < -0.3 is 15.3 Å². The van der Waals surface area contributed by atoms with E-state index in [1.165, 1.54) is 0 Å². The highest BCUT2D eigenvalue weighted by Gasteiger charge is 2.35. The summed E-state index contributed by atoms with van der Waals surface area (Å²) in [5.41, 5.74) is -0.481. The maximum Gasteiger partial charge on any atom is 0.223 e. The lowest BCUT2D eigenvalue weighted by Crippen LogP contribution is -2.49. The number of rotatable bonds is 4. The standard InChI is InChI=1S/C16H30N2O2/c1-3-17-15(19)14-6-10-18(11-7-14)12-16(20)8-4-13(2)5-9-16/h13-14,20H,3-12H2,1-2H3,(H,17,19). The van der Waals surface area contributed by atoms with Gasteiger partial charge in [0.15, 0.2) is 0 Å². The van der Waals surface area contributed by atoms with Gasteiger partial charge in [-0.3, -0.25) is 4.79 Å². The average Bonchev–Trinajstić information content (AvgIpc) is 2.43. The molecule has 1 saturated heterocycles. The van der Waals surface area contributed by atoms with Gasteiger partial charge in [-0.25, -0.2) is 0 Å². The van der Waals surface area contributed by atoms with Gasteiger partial charge in [0, 0.05) is 19.0 Å². The van der Waals surface area contributed by atoms with Crippen molar-refractivity contribution in [2.45, 2.75) is 58.0 Å². The van der Waals surface area contributed by atoms with E-state index in [1.54, 1.807) is 0 Å². The molecule has 1 aliphatic heterocycles. The van der Waals surface area contributed by atoms with Crippen molar-refractivity contribution < 1.29 is 9.90 Å². The van der Waals surface area contributed by atoms with Gasteiger partial charge in [0.2, 0.25) is 5.91 Å². The Hall–Kier alpha value is -0.610. The molecule has 2 rings (SSSR count). The minimum absolute atomic E-state index is 0.173. The molecule has 0 spiro atoms. The van der Waals surface area contributed by atoms with Crippen LogP contribution in [0.15, 0.2) is 0 Å². The van der Waals surface area contributed by atoms with Gasteiger partial charge in [-0.05, 0) is 64.5 Å². The van der Waals surface area contributed by atoms with Crippen LogP contribution in [0.1, 0.15) is 52.4 Å². The third kappa shape index (κ3) is 4.19. The Morgan fingerprint density at radius 3 is 2.40 bits per heavy atom. The number of piperidine rings is 1. The van der Waals surface area contributed by atoms with E-state index in [0.717, 1.165) is 70.6 Å². The van der Waals surface area contributed by atoms with Crippen LogP contribution in [0.5, 0.6) is 0 Å². The zero-order chi connectivity index (χ0) is 14.6. The summed E-state index contributed by atoms with van der Waals surface area (Å²) in [6.45, 7) is 7.64. The minimum atomic E-state index is -0.481. The summed E-state index contributed by atoms with van der Waals surface area (Å²) in [7, 11) is 0. The number of amides is 1. The summed E-state index contributed by atoms with van der Waals surface area (Å²) < 4.78 is 0. The molecule has 0 radical (unpaired) electrons. The number of hydrogen-bond donors (Lipinski definition) is 2. The summed E-state index contributed by atoms with van der Waals surface area (Å²) in [6.07, 6.45) is 6.02. The van der Waals surface area contributed by atoms with E-state index in [4.69, 9.17) is 0 Å². The predicted octanol–water partition coefficient (Wildman–Crippen LogP) is 1.78. The normalized spacial score (nSPS) is 33.0. The van der Waals surface area contributed by atoms with Crippen LogP contribution in [0, 0.1) is 11.8 Å². The van der Waals surface area contributed by atoms with Crippen LogP contribution in [-0.2, 0) is 4.79 Å². The van der Waals surface area contributed by atoms with E-state index < -0.39 is 5.60 Å². The first-order valence-electron chi connectivity index (χ1n) is 8.25. The van der Waals surface area contributed by atoms with Crippen molar-refractivity contribution in [1.29, 1.82) is 0 Å². The number of aliphatic hydroxyl groups is 1. The minimum Gasteiger partial charge on any atom is -0.389 e. The van der Waals surface area contributed by atoms with Crippen molar-refractivity contribution in [3.63, 3.8) is 0 Å². The largest absolute Gasteiger partial charge is 0.389 e. The number of likely N-dealkylation sites (tertiary alicyclic amines) is 1. The first-order valence-corrected chi connectivity index (χ1v) is 8.25. The molecular formula is C16H30N2O2. The second kappa shape index (κ2) is 6.90. The molecule has 0 atom stereocenters. The summed E-state index contributed by atoms with van der Waals surface area (Å²) in [6, 6.07) is 0. The maximum atomic E-state index is 11.8. The molecule has 1 aliphatic carbocycles. The Bertz CT molecular complexity index is 316. The number of β-amino-alcohol motifs (C(OH)–C–C–N with tert-alkyl or cyclic N) is 1. The van der Waals surface area contributed by atoms with E-state index in [1.807, 2.05) is 6.92 Å². The third-order valence-corrected chi connectivity index (χ3v) is 5.03. The zero-order valence-corrected chi connectivity index (χ0v) is 13.0. The highest BCUT2D eigenvalue weighted by Crippen LogP contribution is 2.33. The van der Waals surface area contributed by atoms with Crippen LogP contribution in [0.4, 0.5) is 0 Å². The molecule has 1 heterocycles. The molecule has 0 bridgehead atoms. The lowest BCUT2D eigenvalue weighted by Gasteiger charge is -2.41. The van der Waals surface area contributed by atoms with Crippen LogP contribution < -0.4 is 5.32 Å². The maximum absolute atomic E-state index is 11.8. The van der Waals surface area contributed by atoms with Crippen molar-refractivity contribution in [1.82, 2.24) is 10.2 Å². The summed E-state index contributed by atoms with van der Waals surface area (Å²) in [5.74, 6) is 1.14. The Morgan fingerprint density at radius 1 is 1.25 bits per heavy atom. The van der Waals surface area contributed by atoms with Gasteiger partial charge in [0.05, 0.1) is 5.60 Å². The molecule has 0 aromatic rings. The van der Waals surface area contributed by atoms with Gasteiger partial charge in [0.1, 0.15) is 0 Å². The van der Waals surface area contributed by atoms with E-state index in [9.17, 15) is 9.90 Å². The zero-order valence-electron chi connectivity index (χ0n) is 13.0. The molecule has 0 aromatic carbocycles. The van der Waals surface area contributed by atoms with Crippen molar-refractivity contribution in [3.05, 3.63) is 0 Å². The van der Waals surface area contributed by atoms with Crippen molar-refractivity contribution in [3.8, 4) is 0 Å². The topological polar surface area (TPSA) is 52.6 Å². The number of nitrogens with one attached hydrogen (secondary N) is 1. The number of nitrogens with zero attached hydrogens (tertiary/aromatic N) is 1. The highest BCUT2D eigenvalue weighted by atomic mass is 16.3. The van der Waals surface area contributed by atoms with Crippen molar-refractivity contribution in [2.75, 3.05) is 26.2 Å². The quantitative estimate of drug-likeness (QED) is 0.826. The van der Waals surface area contributed by atoms with Gasteiger partial charge in [-0.1, -0.05) is 6.92 Å². The molecule has 1 amide bonds. The molecule has 4 nitrogen and oxygen atoms in total. The molecule has 20 heavy (non-hydrogen) atoms. The molecule has 2 aliphatic rings. The van der Waals surface area contributed by atoms with Crippen molar-refractivity contribution >= 4 is 5.91 Å². The van der Waals surface area contributed by atoms with Crippen LogP contribution in [0.3, 0.4) is 0 Å². The van der Waals surface area contributed by atoms with E-state index >= 15 is 0 Å². The lowest BCUT2D eigenvalue weighted by molar-refractivity contribution is -0.126. The molecule has 116 valence electrons. The van der Waals surface area contributed by atoms with Crippen LogP contribution >= 0.6 is 0 Å². The molecule has 2 fully saturated rings. The first-order chi connectivity index (χ1) is 9.52. The van der Waals surface area contributed by atoms with Crippen LogP contribution in [0.25, 0.3) is 0 Å². The number of carbonyl (C=O) groups is 1. The van der Waals surface area contributed by atoms with Gasteiger partial charge in [-0.15, -0.1) is 0 Å². The van der Waals surface area contributed by atoms with E-state index in [2.05, 4.69) is 17.1 Å². The van der Waals surface area contributed by atoms with E-state index in [0.29, 0.717) is 0 Å². The van der Waals surface area contributed by atoms with E-state index in [-0.39, 0.29) is 11.8 Å². The molecular weight excluding hydrogens is 252 g/mol. The smallest absolute Gasteiger partial charge is 0.223 e. The predicted molar refractivity (Wildman–Crippen MR) is 80.4 cm³/mol. The first kappa shape index (κ1) is 15.8. The molecule has 2 N–H and O–H groups in total. The van der Waals surface area contributed by atoms with Gasteiger partial charge in [0.25, 0.3) is 0 Å². The number of hydrogen-bond acceptors (Lipinski definition) is 3. The highest BCUT2D eigenvalue weighted by molar-refractivity contribution is 5.78. The van der Waals surface area contributed by atoms with Gasteiger partial charge in [-0.2, -0.15) is 0 Å². The fourth-order valence-corrected chi connectivity index (χ4v) is 3.55. The second-order valence-electron chi connectivity index (χ2n) is 6.85. The Kier molecular flexibility index (Phi) is 5.44. The number of carbonyl (C=O) groups excluding carboxylic acids is 1. The lowest BCUT2D eigenvalue weighted by atomic mass is 9.79. The van der Waals surface area contributed by atoms with Crippen LogP contribution in [0.2, 0.25) is 0 Å². The Labute approximate surface area is 122 Å². The Morgan fingerprint density at radius 2 is 1.85 bits per heavy atom. The van der Waals surface area contributed by atoms with Gasteiger partial charge >= 0.3 is 0 Å². The second-order valence-corrected chi connectivity index (χ2v) is 6.85. The third-order valence-electron chi connectivity index (χ3n) is 5.03. The molecule has 0 aromatic heterocycles. The van der Waals surface area contributed by atoms with Crippen molar-refractivity contribution in [2.24, 2.45) is 11.8 Å². The SMILES string of the molecule is CCNC(=O)C1CCN(CC2(O)CCC(C)CC2)CC1. The fraction of sp³-hybridized carbons (Fsp3) is 0.938. The summed E-state index contributed by atoms with van der Waals surface area (Å²) in [4.78, 5) is 14.2. The molecule has 4 heteroatoms. The fourth-order valence-electron chi connectivity index (χ4n) is 3.55. The van der Waals surface area contributed by atoms with Crippen LogP contribution in [-0.4, -0.2) is 47.7 Å².